The lowest BCUT2D eigenvalue weighted by Gasteiger charge is -2.36. The highest BCUT2D eigenvalue weighted by molar-refractivity contribution is 7.13. The quantitative estimate of drug-likeness (QED) is 0.320. The fourth-order valence-electron chi connectivity index (χ4n) is 5.79. The van der Waals surface area contributed by atoms with Gasteiger partial charge in [0.15, 0.2) is 5.65 Å². The van der Waals surface area contributed by atoms with Crippen LogP contribution in [0.4, 0.5) is 14.5 Å². The van der Waals surface area contributed by atoms with Crippen molar-refractivity contribution in [3.05, 3.63) is 88.8 Å². The predicted octanol–water partition coefficient (Wildman–Crippen LogP) is 4.43. The summed E-state index contributed by atoms with van der Waals surface area (Å²) in [6.07, 6.45) is -1.46. The van der Waals surface area contributed by atoms with Crippen LogP contribution in [0.15, 0.2) is 66.2 Å². The largest absolute Gasteiger partial charge is 0.389 e. The first-order chi connectivity index (χ1) is 20.3. The summed E-state index contributed by atoms with van der Waals surface area (Å²) >= 11 is 1.36. The second-order valence-electron chi connectivity index (χ2n) is 10.6. The molecule has 2 aromatic carbocycles. The lowest BCUT2D eigenvalue weighted by atomic mass is 9.92. The van der Waals surface area contributed by atoms with Crippen LogP contribution in [0.1, 0.15) is 40.8 Å². The summed E-state index contributed by atoms with van der Waals surface area (Å²) in [6.45, 7) is 2.19. The Morgan fingerprint density at radius 1 is 1.02 bits per heavy atom. The maximum Gasteiger partial charge on any atom is 0.273 e. The first-order valence-corrected chi connectivity index (χ1v) is 14.4. The summed E-state index contributed by atoms with van der Waals surface area (Å²) in [5.41, 5.74) is 3.35. The second-order valence-corrected chi connectivity index (χ2v) is 11.5. The third-order valence-electron chi connectivity index (χ3n) is 8.02. The third-order valence-corrected chi connectivity index (χ3v) is 8.82. The molecule has 0 spiro atoms. The highest BCUT2D eigenvalue weighted by Crippen LogP contribution is 2.38. The number of carbonyl (C=O) groups is 1. The fourth-order valence-corrected chi connectivity index (χ4v) is 6.42. The Morgan fingerprint density at radius 2 is 1.79 bits per heavy atom. The number of nitrogens with zero attached hydrogens (tertiary/aromatic N) is 6. The van der Waals surface area contributed by atoms with Crippen molar-refractivity contribution in [3.63, 3.8) is 0 Å². The molecule has 0 radical (unpaired) electrons. The second kappa shape index (κ2) is 10.2. The van der Waals surface area contributed by atoms with Crippen molar-refractivity contribution in [2.24, 2.45) is 0 Å². The normalized spacial score (nSPS) is 22.1. The zero-order valence-corrected chi connectivity index (χ0v) is 23.2. The summed E-state index contributed by atoms with van der Waals surface area (Å²) in [4.78, 5) is 26.0. The number of rotatable bonds is 4. The van der Waals surface area contributed by atoms with Crippen LogP contribution >= 0.6 is 11.3 Å². The Kier molecular flexibility index (Phi) is 6.48. The number of carbonyl (C=O) groups excluding carboxylic acids is 1. The van der Waals surface area contributed by atoms with E-state index in [0.717, 1.165) is 5.56 Å². The van der Waals surface area contributed by atoms with Gasteiger partial charge in [-0.1, -0.05) is 24.3 Å². The number of benzene rings is 2. The lowest BCUT2D eigenvalue weighted by molar-refractivity contribution is 0.0572. The van der Waals surface area contributed by atoms with E-state index in [9.17, 15) is 15.0 Å². The van der Waals surface area contributed by atoms with Crippen molar-refractivity contribution in [1.29, 1.82) is 0 Å². The van der Waals surface area contributed by atoms with Gasteiger partial charge in [-0.15, -0.1) is 11.3 Å². The number of β-amino-alcohol motifs (C(OH)–C–C–N with tert-alkyl or cyclic N) is 2. The van der Waals surface area contributed by atoms with Gasteiger partial charge in [0.2, 0.25) is 0 Å². The van der Waals surface area contributed by atoms with Crippen LogP contribution in [0.25, 0.3) is 27.6 Å². The molecule has 214 valence electrons. The first-order valence-electron chi connectivity index (χ1n) is 13.5. The molecule has 0 unspecified atom stereocenters. The Balaban J connectivity index is 1.27. The minimum absolute atomic E-state index is 0.0936. The summed E-state index contributed by atoms with van der Waals surface area (Å²) in [5, 5.41) is 26.8. The van der Waals surface area contributed by atoms with Crippen molar-refractivity contribution in [3.8, 4) is 22.0 Å². The standard InChI is InChI=1S/C30H26F2N6O3S/c1-16-18-4-2-3-5-19(18)22(32)13-37(16)30(41)24-11-25(29-33-8-9-42-29)38-28(34-24)12-23(35-38)20-7-6-17(10-21(20)31)36-14-26(39)27(40)15-36/h2-12,16,22,26-27,39-40H,13-15H2,1H3/t16-,22-,26-,27-/m1/s1. The van der Waals surface area contributed by atoms with Gasteiger partial charge in [0.25, 0.3) is 5.91 Å². The van der Waals surface area contributed by atoms with Crippen LogP contribution in [0.3, 0.4) is 0 Å². The van der Waals surface area contributed by atoms with Crippen LogP contribution in [-0.2, 0) is 0 Å². The summed E-state index contributed by atoms with van der Waals surface area (Å²) in [7, 11) is 0. The number of aliphatic hydroxyl groups is 2. The van der Waals surface area contributed by atoms with E-state index in [1.807, 2.05) is 19.1 Å². The van der Waals surface area contributed by atoms with E-state index < -0.39 is 30.1 Å². The van der Waals surface area contributed by atoms with Crippen LogP contribution in [0.2, 0.25) is 0 Å². The molecule has 0 saturated carbocycles. The average Bonchev–Trinajstić information content (AvgIpc) is 3.75. The highest BCUT2D eigenvalue weighted by atomic mass is 32.1. The van der Waals surface area contributed by atoms with Gasteiger partial charge >= 0.3 is 0 Å². The van der Waals surface area contributed by atoms with E-state index in [1.165, 1.54) is 26.8 Å². The Bertz CT molecular complexity index is 1800. The van der Waals surface area contributed by atoms with E-state index in [4.69, 9.17) is 0 Å². The first kappa shape index (κ1) is 26.6. The highest BCUT2D eigenvalue weighted by Gasteiger charge is 2.35. The van der Waals surface area contributed by atoms with E-state index in [-0.39, 0.29) is 36.9 Å². The van der Waals surface area contributed by atoms with Crippen LogP contribution < -0.4 is 4.90 Å². The van der Waals surface area contributed by atoms with Gasteiger partial charge in [0.1, 0.15) is 28.4 Å². The SMILES string of the molecule is C[C@@H]1c2ccccc2[C@H](F)CN1C(=O)c1cc(-c2nccs2)n2nc(-c3ccc(N4C[C@@H](O)[C@H](O)C4)cc3F)cc2n1. The molecule has 0 aliphatic carbocycles. The van der Waals surface area contributed by atoms with Crippen molar-refractivity contribution in [1.82, 2.24) is 24.5 Å². The molecule has 2 N–H and O–H groups in total. The zero-order valence-electron chi connectivity index (χ0n) is 22.4. The van der Waals surface area contributed by atoms with E-state index in [0.29, 0.717) is 33.3 Å². The number of fused-ring (bicyclic) bond motifs is 2. The van der Waals surface area contributed by atoms with Crippen LogP contribution in [-0.4, -0.2) is 72.4 Å². The fraction of sp³-hybridized carbons (Fsp3) is 0.267. The van der Waals surface area contributed by atoms with E-state index >= 15 is 8.78 Å². The van der Waals surface area contributed by atoms with Gasteiger partial charge in [-0.3, -0.25) is 4.79 Å². The Labute approximate surface area is 243 Å². The Hall–Kier alpha value is -4.26. The molecule has 2 aliphatic rings. The zero-order chi connectivity index (χ0) is 29.1. The van der Waals surface area contributed by atoms with Gasteiger partial charge < -0.3 is 20.0 Å². The summed E-state index contributed by atoms with van der Waals surface area (Å²) in [5.74, 6) is -0.957. The molecule has 0 bridgehead atoms. The number of anilines is 1. The van der Waals surface area contributed by atoms with Gasteiger partial charge in [-0.25, -0.2) is 23.3 Å². The number of hydrogen-bond acceptors (Lipinski definition) is 8. The number of amides is 1. The molecule has 1 amide bonds. The number of halogens is 2. The smallest absolute Gasteiger partial charge is 0.273 e. The topological polar surface area (TPSA) is 107 Å². The van der Waals surface area contributed by atoms with Crippen molar-refractivity contribution < 1.29 is 23.8 Å². The van der Waals surface area contributed by atoms with Crippen molar-refractivity contribution in [2.45, 2.75) is 31.3 Å². The molecule has 1 saturated heterocycles. The molecule has 3 aromatic heterocycles. The Morgan fingerprint density at radius 3 is 2.50 bits per heavy atom. The third kappa shape index (κ3) is 4.42. The molecular weight excluding hydrogens is 562 g/mol. The molecule has 5 heterocycles. The van der Waals surface area contributed by atoms with Gasteiger partial charge in [0, 0.05) is 42.0 Å². The van der Waals surface area contributed by atoms with Gasteiger partial charge in [-0.05, 0) is 42.3 Å². The molecule has 4 atom stereocenters. The number of thiazole rings is 1. The molecule has 2 aliphatic heterocycles. The van der Waals surface area contributed by atoms with Crippen molar-refractivity contribution >= 4 is 28.6 Å². The molecule has 1 fully saturated rings. The average molecular weight is 589 g/mol. The molecule has 5 aromatic rings. The van der Waals surface area contributed by atoms with Gasteiger partial charge in [-0.2, -0.15) is 5.10 Å². The summed E-state index contributed by atoms with van der Waals surface area (Å²) < 4.78 is 32.1. The van der Waals surface area contributed by atoms with Crippen molar-refractivity contribution in [2.75, 3.05) is 24.5 Å². The maximum absolute atomic E-state index is 15.4. The number of hydrogen-bond donors (Lipinski definition) is 2. The monoisotopic (exact) mass is 588 g/mol. The molecule has 7 rings (SSSR count). The maximum atomic E-state index is 15.4. The van der Waals surface area contributed by atoms with E-state index in [2.05, 4.69) is 15.1 Å². The predicted molar refractivity (Wildman–Crippen MR) is 153 cm³/mol. The summed E-state index contributed by atoms with van der Waals surface area (Å²) in [6, 6.07) is 14.7. The molecule has 12 heteroatoms. The minimum Gasteiger partial charge on any atom is -0.389 e. The number of aromatic nitrogens is 4. The molecule has 9 nitrogen and oxygen atoms in total. The molecule has 42 heavy (non-hydrogen) atoms. The minimum atomic E-state index is -1.32. The van der Waals surface area contributed by atoms with Gasteiger partial charge in [0.05, 0.1) is 30.5 Å². The number of aliphatic hydroxyl groups excluding tert-OH is 2. The number of alkyl halides is 1. The van der Waals surface area contributed by atoms with Crippen LogP contribution in [0.5, 0.6) is 0 Å². The van der Waals surface area contributed by atoms with Crippen LogP contribution in [0, 0.1) is 5.82 Å². The van der Waals surface area contributed by atoms with E-state index in [1.54, 1.807) is 52.9 Å². The molecular formula is C30H26F2N6O3S. The lowest BCUT2D eigenvalue weighted by Crippen LogP contribution is -2.40.